The summed E-state index contributed by atoms with van der Waals surface area (Å²) in [5.41, 5.74) is 16.3. The zero-order chi connectivity index (χ0) is 42.4. The van der Waals surface area contributed by atoms with Gasteiger partial charge >= 0.3 is 0 Å². The van der Waals surface area contributed by atoms with Crippen molar-refractivity contribution in [1.82, 2.24) is 4.57 Å². The Morgan fingerprint density at radius 3 is 1.50 bits per heavy atom. The van der Waals surface area contributed by atoms with Gasteiger partial charge in [0.2, 0.25) is 0 Å². The fourth-order valence-electron chi connectivity index (χ4n) is 9.75. The highest BCUT2D eigenvalue weighted by molar-refractivity contribution is 6.21. The molecule has 0 aliphatic rings. The largest absolute Gasteiger partial charge is 0.310 e. The first-order chi connectivity index (χ1) is 31.7. The molecule has 2 nitrogen and oxygen atoms in total. The van der Waals surface area contributed by atoms with Gasteiger partial charge in [0.15, 0.2) is 0 Å². The third-order valence-corrected chi connectivity index (χ3v) is 12.8. The van der Waals surface area contributed by atoms with E-state index in [0.29, 0.717) is 0 Å². The van der Waals surface area contributed by atoms with E-state index in [9.17, 15) is 0 Å². The van der Waals surface area contributed by atoms with Crippen LogP contribution in [0.25, 0.3) is 93.5 Å². The molecule has 1 heterocycles. The molecule has 0 aliphatic heterocycles. The Morgan fingerprint density at radius 1 is 0.281 bits per heavy atom. The molecule has 12 rings (SSSR count). The van der Waals surface area contributed by atoms with E-state index in [2.05, 4.69) is 264 Å². The number of hydrogen-bond acceptors (Lipinski definition) is 1. The minimum atomic E-state index is 1.08. The number of hydrogen-bond donors (Lipinski definition) is 0. The smallest absolute Gasteiger partial charge is 0.0547 e. The second-order valence-corrected chi connectivity index (χ2v) is 16.5. The Balaban J connectivity index is 1.01. The van der Waals surface area contributed by atoms with Crippen LogP contribution in [0.1, 0.15) is 0 Å². The summed E-state index contributed by atoms with van der Waals surface area (Å²) in [4.78, 5) is 2.40. The van der Waals surface area contributed by atoms with Gasteiger partial charge in [0, 0.05) is 33.4 Å². The van der Waals surface area contributed by atoms with E-state index in [0.717, 1.165) is 33.9 Å². The maximum Gasteiger partial charge on any atom is 0.0547 e. The third kappa shape index (κ3) is 6.52. The molecule has 0 saturated carbocycles. The van der Waals surface area contributed by atoms with E-state index in [1.54, 1.807) is 0 Å². The molecule has 0 saturated heterocycles. The zero-order valence-electron chi connectivity index (χ0n) is 35.1. The van der Waals surface area contributed by atoms with Crippen LogP contribution in [0.5, 0.6) is 0 Å². The summed E-state index contributed by atoms with van der Waals surface area (Å²) in [6.07, 6.45) is 0. The van der Waals surface area contributed by atoms with Gasteiger partial charge in [-0.2, -0.15) is 0 Å². The second-order valence-electron chi connectivity index (χ2n) is 16.5. The van der Waals surface area contributed by atoms with Gasteiger partial charge in [-0.05, 0) is 121 Å². The Bertz CT molecular complexity index is 3640. The Morgan fingerprint density at radius 2 is 0.781 bits per heavy atom. The molecule has 0 N–H and O–H groups in total. The van der Waals surface area contributed by atoms with Crippen molar-refractivity contribution in [2.75, 3.05) is 4.90 Å². The lowest BCUT2D eigenvalue weighted by molar-refractivity contribution is 1.18. The summed E-state index contributed by atoms with van der Waals surface area (Å²) in [6, 6.07) is 92.7. The lowest BCUT2D eigenvalue weighted by atomic mass is 9.96. The highest BCUT2D eigenvalue weighted by Crippen LogP contribution is 2.43. The SMILES string of the molecule is c1ccc(-c2cc(-c3ccc(N(c4ccc(-c5cccc6ccccc56)cc4)c4ccccc4-c4ccccc4)cc3)cc(-n3c4ccccc4c4c5ccccc5ccc43)c2)cc1. The van der Waals surface area contributed by atoms with Crippen molar-refractivity contribution in [2.24, 2.45) is 0 Å². The first-order valence-corrected chi connectivity index (χ1v) is 22.0. The highest BCUT2D eigenvalue weighted by Gasteiger charge is 2.20. The van der Waals surface area contributed by atoms with E-state index < -0.39 is 0 Å². The van der Waals surface area contributed by atoms with Crippen LogP contribution < -0.4 is 4.90 Å². The van der Waals surface area contributed by atoms with Gasteiger partial charge in [-0.25, -0.2) is 0 Å². The molecule has 12 aromatic rings. The molecule has 1 aromatic heterocycles. The molecule has 0 unspecified atom stereocenters. The molecule has 64 heavy (non-hydrogen) atoms. The van der Waals surface area contributed by atoms with E-state index in [1.165, 1.54) is 76.7 Å². The summed E-state index contributed by atoms with van der Waals surface area (Å²) in [7, 11) is 0. The summed E-state index contributed by atoms with van der Waals surface area (Å²) < 4.78 is 2.45. The topological polar surface area (TPSA) is 8.17 Å². The summed E-state index contributed by atoms with van der Waals surface area (Å²) >= 11 is 0. The van der Waals surface area contributed by atoms with Crippen LogP contribution in [-0.2, 0) is 0 Å². The molecule has 0 amide bonds. The molecule has 0 atom stereocenters. The number of nitrogens with zero attached hydrogens (tertiary/aromatic N) is 2. The van der Waals surface area contributed by atoms with Gasteiger partial charge in [0.1, 0.15) is 0 Å². The lowest BCUT2D eigenvalue weighted by Crippen LogP contribution is -2.11. The van der Waals surface area contributed by atoms with Gasteiger partial charge in [-0.3, -0.25) is 0 Å². The van der Waals surface area contributed by atoms with Crippen LogP contribution in [0.2, 0.25) is 0 Å². The fraction of sp³-hybridized carbons (Fsp3) is 0. The number of fused-ring (bicyclic) bond motifs is 6. The maximum atomic E-state index is 2.45. The number of anilines is 3. The van der Waals surface area contributed by atoms with Crippen LogP contribution in [0.4, 0.5) is 17.1 Å². The predicted molar refractivity (Wildman–Crippen MR) is 272 cm³/mol. The lowest BCUT2D eigenvalue weighted by Gasteiger charge is -2.28. The van der Waals surface area contributed by atoms with Crippen molar-refractivity contribution >= 4 is 60.4 Å². The van der Waals surface area contributed by atoms with E-state index in [-0.39, 0.29) is 0 Å². The van der Waals surface area contributed by atoms with Crippen LogP contribution >= 0.6 is 0 Å². The van der Waals surface area contributed by atoms with E-state index >= 15 is 0 Å². The number of rotatable bonds is 8. The Hall–Kier alpha value is -8.46. The number of aromatic nitrogens is 1. The maximum absolute atomic E-state index is 2.45. The normalized spacial score (nSPS) is 11.4. The third-order valence-electron chi connectivity index (χ3n) is 12.8. The van der Waals surface area contributed by atoms with Gasteiger partial charge < -0.3 is 9.47 Å². The monoisotopic (exact) mass is 814 g/mol. The van der Waals surface area contributed by atoms with Crippen molar-refractivity contribution < 1.29 is 0 Å². The van der Waals surface area contributed by atoms with Gasteiger partial charge in [0.05, 0.1) is 16.7 Å². The first-order valence-electron chi connectivity index (χ1n) is 22.0. The highest BCUT2D eigenvalue weighted by atomic mass is 15.1. The fourth-order valence-corrected chi connectivity index (χ4v) is 9.75. The molecule has 0 aliphatic carbocycles. The molecule has 300 valence electrons. The van der Waals surface area contributed by atoms with Crippen LogP contribution in [0.3, 0.4) is 0 Å². The molecule has 0 bridgehead atoms. The van der Waals surface area contributed by atoms with Crippen molar-refractivity contribution in [2.45, 2.75) is 0 Å². The quantitative estimate of drug-likeness (QED) is 0.148. The van der Waals surface area contributed by atoms with E-state index in [4.69, 9.17) is 0 Å². The molecule has 2 heteroatoms. The standard InChI is InChI=1S/C62H42N2/c1-3-16-43(17-4-1)49-40-50(42-53(41-49)64-60-29-14-12-26-58(60)62-57-25-10-8-21-47(57)34-39-61(62)64)44-30-35-51(36-31-44)63(59-28-13-11-24-56(59)46-18-5-2-6-19-46)52-37-32-48(33-38-52)55-27-15-22-45-20-7-9-23-54(45)55/h1-42H. The zero-order valence-corrected chi connectivity index (χ0v) is 35.1. The molecular formula is C62H42N2. The van der Waals surface area contributed by atoms with Gasteiger partial charge in [-0.15, -0.1) is 0 Å². The number of benzene rings is 11. The summed E-state index contributed by atoms with van der Waals surface area (Å²) in [6.45, 7) is 0. The van der Waals surface area contributed by atoms with Crippen molar-refractivity contribution in [1.29, 1.82) is 0 Å². The van der Waals surface area contributed by atoms with Crippen LogP contribution in [0, 0.1) is 0 Å². The van der Waals surface area contributed by atoms with Crippen molar-refractivity contribution in [3.8, 4) is 50.2 Å². The minimum Gasteiger partial charge on any atom is -0.310 e. The van der Waals surface area contributed by atoms with Crippen LogP contribution in [0.15, 0.2) is 255 Å². The van der Waals surface area contributed by atoms with E-state index in [1.807, 2.05) is 0 Å². The molecule has 0 radical (unpaired) electrons. The van der Waals surface area contributed by atoms with Crippen molar-refractivity contribution in [3.63, 3.8) is 0 Å². The average molecular weight is 815 g/mol. The Kier molecular flexibility index (Phi) is 9.20. The second kappa shape index (κ2) is 15.8. The van der Waals surface area contributed by atoms with Crippen molar-refractivity contribution in [3.05, 3.63) is 255 Å². The van der Waals surface area contributed by atoms with Gasteiger partial charge in [-0.1, -0.05) is 194 Å². The molecule has 0 fully saturated rings. The minimum absolute atomic E-state index is 1.08. The molecule has 11 aromatic carbocycles. The number of para-hydroxylation sites is 2. The summed E-state index contributed by atoms with van der Waals surface area (Å²) in [5.74, 6) is 0. The predicted octanol–water partition coefficient (Wildman–Crippen LogP) is 17.2. The van der Waals surface area contributed by atoms with Crippen LogP contribution in [-0.4, -0.2) is 4.57 Å². The first kappa shape index (κ1) is 37.3. The Labute approximate surface area is 373 Å². The molecular weight excluding hydrogens is 773 g/mol. The summed E-state index contributed by atoms with van der Waals surface area (Å²) in [5, 5.41) is 7.56. The van der Waals surface area contributed by atoms with Gasteiger partial charge in [0.25, 0.3) is 0 Å². The average Bonchev–Trinajstić information content (AvgIpc) is 3.72. The molecule has 0 spiro atoms.